The first-order valence-electron chi connectivity index (χ1n) is 10.5. The number of carbonyl (C=O) groups is 1. The summed E-state index contributed by atoms with van der Waals surface area (Å²) in [5.41, 5.74) is 5.54. The van der Waals surface area contributed by atoms with Crippen LogP contribution in [0.25, 0.3) is 0 Å². The molecule has 0 atom stereocenters. The van der Waals surface area contributed by atoms with E-state index in [2.05, 4.69) is 10.5 Å². The number of para-hydroxylation sites is 1. The molecular weight excluding hydrogens is 454 g/mol. The van der Waals surface area contributed by atoms with Crippen LogP contribution in [0.2, 0.25) is 0 Å². The highest BCUT2D eigenvalue weighted by Crippen LogP contribution is 2.27. The Balaban J connectivity index is 1.85. The van der Waals surface area contributed by atoms with Crippen LogP contribution in [-0.4, -0.2) is 33.3 Å². The molecule has 33 heavy (non-hydrogen) atoms. The molecule has 6 nitrogen and oxygen atoms in total. The SMILES string of the molecule is CCc1ccccc1N(CC(=O)N/N=C\c1ccc(SC)cc1)S(=O)(=O)c1ccc(C)cc1. The molecule has 0 radical (unpaired) electrons. The second kappa shape index (κ2) is 11.2. The maximum atomic E-state index is 13.5. The lowest BCUT2D eigenvalue weighted by atomic mass is 10.1. The molecule has 3 rings (SSSR count). The topological polar surface area (TPSA) is 78.8 Å². The Hall–Kier alpha value is -3.10. The third-order valence-corrected chi connectivity index (χ3v) is 7.57. The quantitative estimate of drug-likeness (QED) is 0.275. The average molecular weight is 482 g/mol. The van der Waals surface area contributed by atoms with E-state index in [0.29, 0.717) is 12.1 Å². The van der Waals surface area contributed by atoms with Gasteiger partial charge in [-0.05, 0) is 61.1 Å². The standard InChI is InChI=1S/C25H27N3O3S2/c1-4-21-7-5-6-8-24(21)28(33(30,31)23-15-9-19(2)10-16-23)18-25(29)27-26-17-20-11-13-22(32-3)14-12-20/h5-17H,4,18H2,1-3H3,(H,27,29)/b26-17-. The summed E-state index contributed by atoms with van der Waals surface area (Å²) in [5.74, 6) is -0.534. The Bertz CT molecular complexity index is 1220. The molecule has 1 N–H and O–H groups in total. The van der Waals surface area contributed by atoms with Crippen LogP contribution in [0.4, 0.5) is 5.69 Å². The lowest BCUT2D eigenvalue weighted by molar-refractivity contribution is -0.119. The van der Waals surface area contributed by atoms with Crippen molar-refractivity contribution in [2.45, 2.75) is 30.1 Å². The lowest BCUT2D eigenvalue weighted by Crippen LogP contribution is -2.40. The van der Waals surface area contributed by atoms with Crippen LogP contribution in [-0.2, 0) is 21.2 Å². The van der Waals surface area contributed by atoms with Crippen LogP contribution in [0.15, 0.2) is 87.7 Å². The van der Waals surface area contributed by atoms with Gasteiger partial charge >= 0.3 is 0 Å². The minimum Gasteiger partial charge on any atom is -0.271 e. The molecule has 3 aromatic carbocycles. The zero-order valence-corrected chi connectivity index (χ0v) is 20.5. The Kier molecular flexibility index (Phi) is 8.30. The van der Waals surface area contributed by atoms with Crippen molar-refractivity contribution < 1.29 is 13.2 Å². The van der Waals surface area contributed by atoms with Crippen LogP contribution in [0, 0.1) is 6.92 Å². The molecule has 0 fully saturated rings. The maximum absolute atomic E-state index is 13.5. The molecule has 0 aliphatic carbocycles. The van der Waals surface area contributed by atoms with Crippen molar-refractivity contribution in [2.75, 3.05) is 17.1 Å². The number of thioether (sulfide) groups is 1. The number of amides is 1. The predicted octanol–water partition coefficient (Wildman–Crippen LogP) is 4.62. The predicted molar refractivity (Wildman–Crippen MR) is 135 cm³/mol. The number of hydrogen-bond donors (Lipinski definition) is 1. The van der Waals surface area contributed by atoms with Crippen LogP contribution < -0.4 is 9.73 Å². The van der Waals surface area contributed by atoms with Gasteiger partial charge in [0.2, 0.25) is 0 Å². The highest BCUT2D eigenvalue weighted by atomic mass is 32.2. The number of hydrogen-bond acceptors (Lipinski definition) is 5. The fourth-order valence-electron chi connectivity index (χ4n) is 3.22. The average Bonchev–Trinajstić information content (AvgIpc) is 2.83. The largest absolute Gasteiger partial charge is 0.271 e. The van der Waals surface area contributed by atoms with E-state index in [9.17, 15) is 13.2 Å². The summed E-state index contributed by atoms with van der Waals surface area (Å²) in [4.78, 5) is 14.0. The molecule has 0 saturated heterocycles. The smallest absolute Gasteiger partial charge is 0.264 e. The fourth-order valence-corrected chi connectivity index (χ4v) is 5.09. The second-order valence-electron chi connectivity index (χ2n) is 7.37. The van der Waals surface area contributed by atoms with E-state index in [1.165, 1.54) is 6.21 Å². The van der Waals surface area contributed by atoms with Crippen LogP contribution in [0.3, 0.4) is 0 Å². The molecule has 0 aliphatic heterocycles. The number of hydrazone groups is 1. The van der Waals surface area contributed by atoms with Gasteiger partial charge in [-0.3, -0.25) is 9.10 Å². The first-order chi connectivity index (χ1) is 15.8. The van der Waals surface area contributed by atoms with E-state index in [0.717, 1.165) is 25.9 Å². The van der Waals surface area contributed by atoms with Gasteiger partial charge in [-0.25, -0.2) is 13.8 Å². The van der Waals surface area contributed by atoms with Gasteiger partial charge in [0.25, 0.3) is 15.9 Å². The summed E-state index contributed by atoms with van der Waals surface area (Å²) in [6.07, 6.45) is 4.15. The molecule has 172 valence electrons. The van der Waals surface area contributed by atoms with Crippen molar-refractivity contribution in [1.82, 2.24) is 5.43 Å². The highest BCUT2D eigenvalue weighted by molar-refractivity contribution is 7.98. The van der Waals surface area contributed by atoms with Crippen molar-refractivity contribution in [3.8, 4) is 0 Å². The van der Waals surface area contributed by atoms with Gasteiger partial charge in [0, 0.05) is 4.90 Å². The first-order valence-corrected chi connectivity index (χ1v) is 13.1. The second-order valence-corrected chi connectivity index (χ2v) is 10.1. The summed E-state index contributed by atoms with van der Waals surface area (Å²) in [6, 6.07) is 21.5. The minimum absolute atomic E-state index is 0.129. The summed E-state index contributed by atoms with van der Waals surface area (Å²) < 4.78 is 28.2. The molecule has 3 aromatic rings. The van der Waals surface area contributed by atoms with Crippen LogP contribution >= 0.6 is 11.8 Å². The van der Waals surface area contributed by atoms with E-state index < -0.39 is 22.5 Å². The van der Waals surface area contributed by atoms with E-state index in [1.807, 2.05) is 56.5 Å². The molecule has 0 heterocycles. The Morgan fingerprint density at radius 2 is 1.70 bits per heavy atom. The molecule has 0 aliphatic rings. The summed E-state index contributed by atoms with van der Waals surface area (Å²) >= 11 is 1.64. The van der Waals surface area contributed by atoms with Gasteiger partial charge in [0.1, 0.15) is 6.54 Å². The number of rotatable bonds is 9. The Morgan fingerprint density at radius 3 is 2.33 bits per heavy atom. The number of aryl methyl sites for hydroxylation is 2. The molecule has 0 spiro atoms. The monoisotopic (exact) mass is 481 g/mol. The summed E-state index contributed by atoms with van der Waals surface area (Å²) in [7, 11) is -3.97. The minimum atomic E-state index is -3.97. The summed E-state index contributed by atoms with van der Waals surface area (Å²) in [6.45, 7) is 3.44. The zero-order chi connectivity index (χ0) is 23.8. The lowest BCUT2D eigenvalue weighted by Gasteiger charge is -2.25. The number of anilines is 1. The zero-order valence-electron chi connectivity index (χ0n) is 18.9. The number of nitrogens with zero attached hydrogens (tertiary/aromatic N) is 2. The highest BCUT2D eigenvalue weighted by Gasteiger charge is 2.28. The Labute approximate surface area is 199 Å². The summed E-state index contributed by atoms with van der Waals surface area (Å²) in [5, 5.41) is 4.00. The number of benzene rings is 3. The normalized spacial score (nSPS) is 11.5. The van der Waals surface area contributed by atoms with Gasteiger partial charge < -0.3 is 0 Å². The molecule has 0 bridgehead atoms. The third kappa shape index (κ3) is 6.24. The van der Waals surface area contributed by atoms with Gasteiger partial charge in [-0.2, -0.15) is 5.10 Å². The third-order valence-electron chi connectivity index (χ3n) is 5.06. The molecule has 8 heteroatoms. The number of carbonyl (C=O) groups excluding carboxylic acids is 1. The van der Waals surface area contributed by atoms with E-state index in [1.54, 1.807) is 48.2 Å². The van der Waals surface area contributed by atoms with Crippen molar-refractivity contribution in [3.05, 3.63) is 89.5 Å². The molecule has 0 saturated carbocycles. The number of nitrogens with one attached hydrogen (secondary N) is 1. The van der Waals surface area contributed by atoms with Crippen molar-refractivity contribution >= 4 is 39.6 Å². The van der Waals surface area contributed by atoms with Gasteiger partial charge in [-0.1, -0.05) is 55.0 Å². The van der Waals surface area contributed by atoms with E-state index in [-0.39, 0.29) is 4.90 Å². The number of sulfonamides is 1. The van der Waals surface area contributed by atoms with Gasteiger partial charge in [-0.15, -0.1) is 11.8 Å². The van der Waals surface area contributed by atoms with E-state index in [4.69, 9.17) is 0 Å². The van der Waals surface area contributed by atoms with Crippen molar-refractivity contribution in [3.63, 3.8) is 0 Å². The van der Waals surface area contributed by atoms with Crippen LogP contribution in [0.5, 0.6) is 0 Å². The molecule has 0 unspecified atom stereocenters. The van der Waals surface area contributed by atoms with Crippen molar-refractivity contribution in [1.29, 1.82) is 0 Å². The first kappa shape index (κ1) is 24.5. The van der Waals surface area contributed by atoms with Crippen molar-refractivity contribution in [2.24, 2.45) is 5.10 Å². The van der Waals surface area contributed by atoms with Gasteiger partial charge in [0.15, 0.2) is 0 Å². The van der Waals surface area contributed by atoms with Gasteiger partial charge in [0.05, 0.1) is 16.8 Å². The molecule has 1 amide bonds. The van der Waals surface area contributed by atoms with Crippen LogP contribution in [0.1, 0.15) is 23.6 Å². The Morgan fingerprint density at radius 1 is 1.03 bits per heavy atom. The molecule has 0 aromatic heterocycles. The fraction of sp³-hybridized carbons (Fsp3) is 0.200. The van der Waals surface area contributed by atoms with E-state index >= 15 is 0 Å². The maximum Gasteiger partial charge on any atom is 0.264 e. The molecular formula is C25H27N3O3S2.